The topological polar surface area (TPSA) is 146 Å². The molecule has 4 rings (SSSR count). The van der Waals surface area contributed by atoms with Gasteiger partial charge < -0.3 is 31.3 Å². The number of hydrogen-bond acceptors (Lipinski definition) is 8. The Morgan fingerprint density at radius 3 is 2.73 bits per heavy atom. The van der Waals surface area contributed by atoms with E-state index in [4.69, 9.17) is 16.3 Å². The molecule has 40 heavy (non-hydrogen) atoms. The second-order valence-electron chi connectivity index (χ2n) is 9.77. The lowest BCUT2D eigenvalue weighted by molar-refractivity contribution is -0.129. The van der Waals surface area contributed by atoms with Crippen molar-refractivity contribution < 1.29 is 23.5 Å². The van der Waals surface area contributed by atoms with Gasteiger partial charge >= 0.3 is 0 Å². The predicted octanol–water partition coefficient (Wildman–Crippen LogP) is 3.87. The highest BCUT2D eigenvalue weighted by Gasteiger charge is 2.36. The number of nitrogens with one attached hydrogen (secondary N) is 5. The minimum atomic E-state index is -0.743. The van der Waals surface area contributed by atoms with Gasteiger partial charge in [0, 0.05) is 25.5 Å². The zero-order chi connectivity index (χ0) is 29.0. The minimum absolute atomic E-state index is 0.0764. The van der Waals surface area contributed by atoms with Crippen molar-refractivity contribution in [3.05, 3.63) is 64.6 Å². The molecule has 0 aliphatic carbocycles. The quantitative estimate of drug-likeness (QED) is 0.275. The molecule has 2 heterocycles. The van der Waals surface area contributed by atoms with Gasteiger partial charge in [0.1, 0.15) is 23.5 Å². The average Bonchev–Trinajstić information content (AvgIpc) is 2.99. The molecule has 2 aromatic carbocycles. The maximum atomic E-state index is 14.6. The predicted molar refractivity (Wildman–Crippen MR) is 150 cm³/mol. The van der Waals surface area contributed by atoms with Crippen molar-refractivity contribution in [3.8, 4) is 0 Å². The monoisotopic (exact) mass is 569 g/mol. The van der Waals surface area contributed by atoms with E-state index in [0.717, 1.165) is 5.56 Å². The van der Waals surface area contributed by atoms with Crippen LogP contribution in [0.1, 0.15) is 36.2 Å². The fourth-order valence-corrected chi connectivity index (χ4v) is 4.61. The minimum Gasteiger partial charge on any atom is -0.375 e. The first-order valence-corrected chi connectivity index (χ1v) is 12.7. The molecule has 0 unspecified atom stereocenters. The number of halogens is 2. The van der Waals surface area contributed by atoms with Gasteiger partial charge in [-0.15, -0.1) is 0 Å². The number of rotatable bonds is 8. The van der Waals surface area contributed by atoms with Crippen LogP contribution >= 0.6 is 11.6 Å². The number of ether oxygens (including phenoxy) is 1. The van der Waals surface area contributed by atoms with E-state index in [1.807, 2.05) is 26.0 Å². The van der Waals surface area contributed by atoms with Crippen LogP contribution in [0.2, 0.25) is 5.02 Å². The summed E-state index contributed by atoms with van der Waals surface area (Å²) < 4.78 is 19.5. The van der Waals surface area contributed by atoms with Gasteiger partial charge in [-0.05, 0) is 41.7 Å². The molecule has 1 aromatic heterocycles. The summed E-state index contributed by atoms with van der Waals surface area (Å²) in [5.74, 6) is -1.66. The lowest BCUT2D eigenvalue weighted by Crippen LogP contribution is -2.46. The molecule has 1 aliphatic rings. The Morgan fingerprint density at radius 1 is 1.23 bits per heavy atom. The standard InChI is InChI=1S/C27H29ClFN7O4/c1-27(2)11-20(33-21(37)13-40-4)25(39)34-19-10-14(8-9-16(19)27)32-26-31-12-17(28)23(36-26)35-22-15(24(38)30-3)6-5-7-18(22)29/h5-10,12,20H,11,13H2,1-4H3,(H,30,38)(H,33,37)(H,34,39)(H2,31,32,35,36)/t20-/m0/s1. The highest BCUT2D eigenvalue weighted by molar-refractivity contribution is 6.33. The average molecular weight is 570 g/mol. The molecule has 0 saturated carbocycles. The van der Waals surface area contributed by atoms with E-state index >= 15 is 0 Å². The summed E-state index contributed by atoms with van der Waals surface area (Å²) in [7, 11) is 2.85. The lowest BCUT2D eigenvalue weighted by Gasteiger charge is -2.27. The van der Waals surface area contributed by atoms with E-state index in [2.05, 4.69) is 36.6 Å². The third-order valence-corrected chi connectivity index (χ3v) is 6.65. The molecule has 3 aromatic rings. The van der Waals surface area contributed by atoms with E-state index < -0.39 is 23.2 Å². The Hall–Kier alpha value is -4.29. The molecule has 1 aliphatic heterocycles. The number of fused-ring (bicyclic) bond motifs is 1. The number of methoxy groups -OCH3 is 1. The van der Waals surface area contributed by atoms with Crippen LogP contribution in [0.5, 0.6) is 0 Å². The van der Waals surface area contributed by atoms with Crippen molar-refractivity contribution in [2.24, 2.45) is 0 Å². The number of aromatic nitrogens is 2. The number of carbonyl (C=O) groups excluding carboxylic acids is 3. The van der Waals surface area contributed by atoms with Gasteiger partial charge in [-0.1, -0.05) is 37.6 Å². The Morgan fingerprint density at radius 2 is 2.00 bits per heavy atom. The van der Waals surface area contributed by atoms with Crippen LogP contribution in [-0.4, -0.2) is 54.5 Å². The Bertz CT molecular complexity index is 1470. The van der Waals surface area contributed by atoms with Gasteiger partial charge in [-0.2, -0.15) is 4.98 Å². The molecule has 0 saturated heterocycles. The SMILES string of the molecule is CNC(=O)c1cccc(F)c1Nc1nc(Nc2ccc3c(c2)NC(=O)[C@@H](NC(=O)COC)CC3(C)C)ncc1Cl. The number of benzene rings is 2. The summed E-state index contributed by atoms with van der Waals surface area (Å²) in [4.78, 5) is 45.8. The van der Waals surface area contributed by atoms with Crippen molar-refractivity contribution in [3.63, 3.8) is 0 Å². The normalized spacial score (nSPS) is 15.8. The maximum Gasteiger partial charge on any atom is 0.253 e. The second-order valence-corrected chi connectivity index (χ2v) is 10.2. The largest absolute Gasteiger partial charge is 0.375 e. The highest BCUT2D eigenvalue weighted by atomic mass is 35.5. The zero-order valence-electron chi connectivity index (χ0n) is 22.3. The number of nitrogens with zero attached hydrogens (tertiary/aromatic N) is 2. The first-order chi connectivity index (χ1) is 19.0. The summed E-state index contributed by atoms with van der Waals surface area (Å²) in [5.41, 5.74) is 1.55. The molecule has 11 nitrogen and oxygen atoms in total. The number of carbonyl (C=O) groups is 3. The summed E-state index contributed by atoms with van der Waals surface area (Å²) >= 11 is 6.27. The summed E-state index contributed by atoms with van der Waals surface area (Å²) in [6.07, 6.45) is 1.72. The van der Waals surface area contributed by atoms with E-state index in [1.165, 1.54) is 38.6 Å². The van der Waals surface area contributed by atoms with Crippen LogP contribution in [0.4, 0.5) is 33.2 Å². The molecule has 5 N–H and O–H groups in total. The van der Waals surface area contributed by atoms with Gasteiger partial charge in [0.2, 0.25) is 17.8 Å². The lowest BCUT2D eigenvalue weighted by atomic mass is 9.79. The van der Waals surface area contributed by atoms with Crippen LogP contribution in [0.3, 0.4) is 0 Å². The Balaban J connectivity index is 1.59. The van der Waals surface area contributed by atoms with Crippen molar-refractivity contribution in [2.75, 3.05) is 36.7 Å². The van der Waals surface area contributed by atoms with Gasteiger partial charge in [-0.25, -0.2) is 9.37 Å². The molecular weight excluding hydrogens is 541 g/mol. The number of anilines is 5. The number of para-hydroxylation sites is 1. The maximum absolute atomic E-state index is 14.6. The van der Waals surface area contributed by atoms with Crippen molar-refractivity contribution in [1.29, 1.82) is 0 Å². The summed E-state index contributed by atoms with van der Waals surface area (Å²) in [5, 5.41) is 14.0. The van der Waals surface area contributed by atoms with Gasteiger partial charge in [0.05, 0.1) is 17.4 Å². The van der Waals surface area contributed by atoms with Crippen molar-refractivity contribution in [1.82, 2.24) is 20.6 Å². The Kier molecular flexibility index (Phi) is 8.50. The molecule has 0 radical (unpaired) electrons. The molecule has 0 fully saturated rings. The van der Waals surface area contributed by atoms with E-state index in [9.17, 15) is 18.8 Å². The van der Waals surface area contributed by atoms with Crippen LogP contribution in [-0.2, 0) is 19.7 Å². The van der Waals surface area contributed by atoms with Gasteiger partial charge in [0.25, 0.3) is 5.91 Å². The molecule has 0 bridgehead atoms. The van der Waals surface area contributed by atoms with Crippen LogP contribution < -0.4 is 26.6 Å². The van der Waals surface area contributed by atoms with Crippen LogP contribution in [0.15, 0.2) is 42.6 Å². The third-order valence-electron chi connectivity index (χ3n) is 6.38. The third kappa shape index (κ3) is 6.29. The number of amides is 3. The van der Waals surface area contributed by atoms with Crippen molar-refractivity contribution in [2.45, 2.75) is 31.7 Å². The molecule has 0 spiro atoms. The van der Waals surface area contributed by atoms with Gasteiger partial charge in [-0.3, -0.25) is 14.4 Å². The van der Waals surface area contributed by atoms with E-state index in [-0.39, 0.29) is 46.5 Å². The molecular formula is C27H29ClFN7O4. The summed E-state index contributed by atoms with van der Waals surface area (Å²) in [6.45, 7) is 3.84. The number of hydrogen-bond donors (Lipinski definition) is 5. The van der Waals surface area contributed by atoms with Gasteiger partial charge in [0.15, 0.2) is 5.82 Å². The molecule has 3 amide bonds. The molecule has 210 valence electrons. The van der Waals surface area contributed by atoms with Crippen molar-refractivity contribution >= 4 is 58.2 Å². The zero-order valence-corrected chi connectivity index (χ0v) is 23.1. The smallest absolute Gasteiger partial charge is 0.253 e. The fraction of sp³-hybridized carbons (Fsp3) is 0.296. The van der Waals surface area contributed by atoms with Crippen LogP contribution in [0, 0.1) is 5.82 Å². The van der Waals surface area contributed by atoms with Crippen LogP contribution in [0.25, 0.3) is 0 Å². The first kappa shape index (κ1) is 28.7. The van der Waals surface area contributed by atoms with E-state index in [1.54, 1.807) is 6.07 Å². The fourth-order valence-electron chi connectivity index (χ4n) is 4.47. The molecule has 1 atom stereocenters. The Labute approximate surface area is 235 Å². The highest BCUT2D eigenvalue weighted by Crippen LogP contribution is 2.38. The van der Waals surface area contributed by atoms with E-state index in [0.29, 0.717) is 17.8 Å². The summed E-state index contributed by atoms with van der Waals surface area (Å²) in [6, 6.07) is 8.78. The molecule has 13 heteroatoms. The first-order valence-electron chi connectivity index (χ1n) is 12.3. The second kappa shape index (κ2) is 11.8.